The third kappa shape index (κ3) is 3.21. The van der Waals surface area contributed by atoms with Crippen LogP contribution in [-0.2, 0) is 9.57 Å². The molecule has 1 atom stereocenters. The summed E-state index contributed by atoms with van der Waals surface area (Å²) in [4.78, 5) is 14.7. The second-order valence-corrected chi connectivity index (χ2v) is 6.66. The Bertz CT molecular complexity index is 697. The second kappa shape index (κ2) is 7.01. The third-order valence-corrected chi connectivity index (χ3v) is 4.97. The van der Waals surface area contributed by atoms with E-state index in [-0.39, 0.29) is 6.10 Å². The van der Waals surface area contributed by atoms with E-state index in [9.17, 15) is 0 Å². The average Bonchev–Trinajstić information content (AvgIpc) is 3.31. The molecule has 3 heterocycles. The zero-order chi connectivity index (χ0) is 17.2. The fourth-order valence-corrected chi connectivity index (χ4v) is 3.54. The zero-order valence-corrected chi connectivity index (χ0v) is 14.6. The Labute approximate surface area is 148 Å². The largest absolute Gasteiger partial charge is 0.390 e. The predicted octanol–water partition coefficient (Wildman–Crippen LogP) is 0.667. The number of hydrogen-bond acceptors (Lipinski definition) is 7. The van der Waals surface area contributed by atoms with Crippen LogP contribution in [-0.4, -0.2) is 75.5 Å². The number of aliphatic imine (C=N–C) groups is 1. The van der Waals surface area contributed by atoms with Gasteiger partial charge in [-0.15, -0.1) is 0 Å². The smallest absolute Gasteiger partial charge is 0.145 e. The first kappa shape index (κ1) is 16.4. The van der Waals surface area contributed by atoms with Crippen LogP contribution in [0.4, 0.5) is 5.69 Å². The first-order valence-corrected chi connectivity index (χ1v) is 8.92. The maximum absolute atomic E-state index is 5.73. The van der Waals surface area contributed by atoms with Gasteiger partial charge in [-0.25, -0.2) is 0 Å². The Kier molecular flexibility index (Phi) is 4.59. The summed E-state index contributed by atoms with van der Waals surface area (Å²) in [6.45, 7) is 5.58. The van der Waals surface area contributed by atoms with Crippen molar-refractivity contribution in [1.82, 2.24) is 4.90 Å². The number of benzene rings is 1. The normalized spacial score (nSPS) is 23.5. The minimum absolute atomic E-state index is 0.0162. The molecule has 0 bridgehead atoms. The van der Waals surface area contributed by atoms with E-state index < -0.39 is 0 Å². The van der Waals surface area contributed by atoms with E-state index in [0.29, 0.717) is 6.54 Å². The summed E-state index contributed by atoms with van der Waals surface area (Å²) in [6, 6.07) is 6.52. The third-order valence-electron chi connectivity index (χ3n) is 4.97. The highest BCUT2D eigenvalue weighted by Crippen LogP contribution is 2.29. The number of likely N-dealkylation sites (N-methyl/N-ethyl adjacent to an activating group) is 1. The van der Waals surface area contributed by atoms with Crippen molar-refractivity contribution < 1.29 is 9.57 Å². The number of nitrogens with zero attached hydrogens (tertiary/aromatic N) is 4. The monoisotopic (exact) mass is 343 g/mol. The van der Waals surface area contributed by atoms with Gasteiger partial charge in [0.25, 0.3) is 0 Å². The van der Waals surface area contributed by atoms with Crippen LogP contribution in [0.2, 0.25) is 0 Å². The highest BCUT2D eigenvalue weighted by molar-refractivity contribution is 6.08. The van der Waals surface area contributed by atoms with Gasteiger partial charge < -0.3 is 25.1 Å². The van der Waals surface area contributed by atoms with Gasteiger partial charge in [0.15, 0.2) is 0 Å². The van der Waals surface area contributed by atoms with Gasteiger partial charge in [0.2, 0.25) is 0 Å². The van der Waals surface area contributed by atoms with Crippen LogP contribution in [0.15, 0.2) is 28.3 Å². The van der Waals surface area contributed by atoms with E-state index in [1.165, 1.54) is 5.69 Å². The molecule has 7 nitrogen and oxygen atoms in total. The number of ether oxygens (including phenoxy) is 1. The summed E-state index contributed by atoms with van der Waals surface area (Å²) in [5.41, 5.74) is 10.2. The Hall–Kier alpha value is -2.12. The first-order valence-electron chi connectivity index (χ1n) is 8.92. The van der Waals surface area contributed by atoms with Crippen LogP contribution in [0.5, 0.6) is 0 Å². The van der Waals surface area contributed by atoms with E-state index in [1.54, 1.807) is 0 Å². The number of amidine groups is 1. The van der Waals surface area contributed by atoms with E-state index in [0.717, 1.165) is 68.5 Å². The van der Waals surface area contributed by atoms with E-state index in [1.807, 2.05) is 0 Å². The van der Waals surface area contributed by atoms with Gasteiger partial charge in [-0.05, 0) is 6.07 Å². The van der Waals surface area contributed by atoms with Crippen LogP contribution >= 0.6 is 0 Å². The van der Waals surface area contributed by atoms with Crippen molar-refractivity contribution in [2.24, 2.45) is 15.9 Å². The number of anilines is 1. The van der Waals surface area contributed by atoms with Crippen LogP contribution in [0, 0.1) is 0 Å². The molecular weight excluding hydrogens is 318 g/mol. The predicted molar refractivity (Wildman–Crippen MR) is 98.6 cm³/mol. The fourth-order valence-electron chi connectivity index (χ4n) is 3.54. The molecule has 1 aromatic carbocycles. The van der Waals surface area contributed by atoms with Gasteiger partial charge in [0.1, 0.15) is 11.9 Å². The van der Waals surface area contributed by atoms with Crippen molar-refractivity contribution in [2.75, 3.05) is 57.9 Å². The van der Waals surface area contributed by atoms with Crippen molar-refractivity contribution in [3.05, 3.63) is 29.3 Å². The Morgan fingerprint density at radius 2 is 2.08 bits per heavy atom. The standard InChI is InChI=1S/C18H25N5O2/c1-22-5-4-20-18(22)13-2-3-15(16-11-14(12-19)25-21-16)17(10-13)23-6-8-24-9-7-23/h2-3,10,14H,4-9,11-12,19H2,1H3. The summed E-state index contributed by atoms with van der Waals surface area (Å²) < 4.78 is 5.52. The van der Waals surface area contributed by atoms with Crippen molar-refractivity contribution in [3.8, 4) is 0 Å². The molecule has 1 aromatic rings. The fraction of sp³-hybridized carbons (Fsp3) is 0.556. The summed E-state index contributed by atoms with van der Waals surface area (Å²) >= 11 is 0. The maximum Gasteiger partial charge on any atom is 0.145 e. The molecule has 3 aliphatic heterocycles. The van der Waals surface area contributed by atoms with Crippen LogP contribution in [0.1, 0.15) is 17.5 Å². The molecule has 1 unspecified atom stereocenters. The maximum atomic E-state index is 5.73. The summed E-state index contributed by atoms with van der Waals surface area (Å²) in [5, 5.41) is 4.29. The van der Waals surface area contributed by atoms with Gasteiger partial charge in [-0.3, -0.25) is 4.99 Å². The molecule has 0 spiro atoms. The van der Waals surface area contributed by atoms with Gasteiger partial charge in [0, 0.05) is 56.5 Å². The zero-order valence-electron chi connectivity index (χ0n) is 14.6. The SMILES string of the molecule is CN1CCN=C1c1ccc(C2=NOC(CN)C2)c(N2CCOCC2)c1. The molecule has 0 saturated carbocycles. The molecule has 7 heteroatoms. The lowest BCUT2D eigenvalue weighted by molar-refractivity contribution is 0.0918. The van der Waals surface area contributed by atoms with Crippen molar-refractivity contribution >= 4 is 17.2 Å². The molecule has 2 N–H and O–H groups in total. The van der Waals surface area contributed by atoms with Crippen LogP contribution in [0.3, 0.4) is 0 Å². The van der Waals surface area contributed by atoms with E-state index in [2.05, 4.69) is 45.2 Å². The molecule has 0 radical (unpaired) electrons. The molecule has 0 aliphatic carbocycles. The number of oxime groups is 1. The first-order chi connectivity index (χ1) is 12.3. The summed E-state index contributed by atoms with van der Waals surface area (Å²) in [6.07, 6.45) is 0.742. The van der Waals surface area contributed by atoms with Crippen molar-refractivity contribution in [3.63, 3.8) is 0 Å². The molecule has 0 aromatic heterocycles. The number of morpholine rings is 1. The Morgan fingerprint density at radius 3 is 2.76 bits per heavy atom. The van der Waals surface area contributed by atoms with Gasteiger partial charge in [0.05, 0.1) is 25.5 Å². The minimum atomic E-state index is -0.0162. The lowest BCUT2D eigenvalue weighted by atomic mass is 9.99. The average molecular weight is 343 g/mol. The molecular formula is C18H25N5O2. The number of nitrogens with two attached hydrogens (primary N) is 1. The number of rotatable bonds is 4. The highest BCUT2D eigenvalue weighted by Gasteiger charge is 2.26. The van der Waals surface area contributed by atoms with E-state index >= 15 is 0 Å². The van der Waals surface area contributed by atoms with Crippen LogP contribution < -0.4 is 10.6 Å². The summed E-state index contributed by atoms with van der Waals surface area (Å²) in [7, 11) is 2.09. The summed E-state index contributed by atoms with van der Waals surface area (Å²) in [5.74, 6) is 1.06. The van der Waals surface area contributed by atoms with Crippen molar-refractivity contribution in [1.29, 1.82) is 0 Å². The highest BCUT2D eigenvalue weighted by atomic mass is 16.6. The van der Waals surface area contributed by atoms with Crippen molar-refractivity contribution in [2.45, 2.75) is 12.5 Å². The lowest BCUT2D eigenvalue weighted by Crippen LogP contribution is -2.37. The topological polar surface area (TPSA) is 75.7 Å². The quantitative estimate of drug-likeness (QED) is 0.869. The molecule has 1 fully saturated rings. The van der Waals surface area contributed by atoms with Gasteiger partial charge in [-0.1, -0.05) is 17.3 Å². The molecule has 134 valence electrons. The Morgan fingerprint density at radius 1 is 1.24 bits per heavy atom. The minimum Gasteiger partial charge on any atom is -0.390 e. The molecule has 25 heavy (non-hydrogen) atoms. The molecule has 1 saturated heterocycles. The number of hydrogen-bond donors (Lipinski definition) is 1. The lowest BCUT2D eigenvalue weighted by Gasteiger charge is -2.31. The molecule has 0 amide bonds. The van der Waals surface area contributed by atoms with Crippen LogP contribution in [0.25, 0.3) is 0 Å². The van der Waals surface area contributed by atoms with Gasteiger partial charge >= 0.3 is 0 Å². The molecule has 4 rings (SSSR count). The van der Waals surface area contributed by atoms with Gasteiger partial charge in [-0.2, -0.15) is 0 Å². The molecule has 3 aliphatic rings. The second-order valence-electron chi connectivity index (χ2n) is 6.66. The Balaban J connectivity index is 1.70. The van der Waals surface area contributed by atoms with E-state index in [4.69, 9.17) is 15.3 Å².